The zero-order chi connectivity index (χ0) is 19.4. The molecule has 2 N–H and O–H groups in total. The molecule has 0 spiro atoms. The van der Waals surface area contributed by atoms with Gasteiger partial charge in [-0.15, -0.1) is 0 Å². The van der Waals surface area contributed by atoms with Gasteiger partial charge in [0.25, 0.3) is 0 Å². The quantitative estimate of drug-likeness (QED) is 0.769. The third kappa shape index (κ3) is 5.24. The first-order valence-electron chi connectivity index (χ1n) is 9.92. The van der Waals surface area contributed by atoms with Crippen molar-refractivity contribution >= 4 is 0 Å². The van der Waals surface area contributed by atoms with Crippen LogP contribution in [0.3, 0.4) is 0 Å². The van der Waals surface area contributed by atoms with Gasteiger partial charge in [-0.3, -0.25) is 4.90 Å². The molecule has 0 aliphatic carbocycles. The summed E-state index contributed by atoms with van der Waals surface area (Å²) in [6.45, 7) is 7.78. The van der Waals surface area contributed by atoms with E-state index in [4.69, 9.17) is 0 Å². The first-order valence-corrected chi connectivity index (χ1v) is 9.92. The minimum Gasteiger partial charge on any atom is -0.508 e. The number of hydrogen-bond acceptors (Lipinski definition) is 4. The number of phenols is 2. The van der Waals surface area contributed by atoms with Gasteiger partial charge in [-0.25, -0.2) is 0 Å². The largest absolute Gasteiger partial charge is 0.508 e. The Kier molecular flexibility index (Phi) is 6.40. The van der Waals surface area contributed by atoms with Gasteiger partial charge in [-0.05, 0) is 81.1 Å². The van der Waals surface area contributed by atoms with Gasteiger partial charge < -0.3 is 15.1 Å². The molecule has 0 aromatic heterocycles. The molecule has 4 heteroatoms. The van der Waals surface area contributed by atoms with Crippen molar-refractivity contribution in [1.29, 1.82) is 0 Å². The Labute approximate surface area is 163 Å². The summed E-state index contributed by atoms with van der Waals surface area (Å²) in [6, 6.07) is 12.4. The van der Waals surface area contributed by atoms with Crippen LogP contribution in [0, 0.1) is 13.8 Å². The smallest absolute Gasteiger partial charge is 0.121 e. The lowest BCUT2D eigenvalue weighted by Crippen LogP contribution is -2.31. The molecule has 1 unspecified atom stereocenters. The standard InChI is InChI=1S/C23H32N2O2/c1-17-12-20(13-18(2)23(17)27)16-25(11-9-21-7-5-10-24(21)3)15-19-6-4-8-22(26)14-19/h4,6,8,12-14,21,26-27H,5,7,9-11,15-16H2,1-3H3. The van der Waals surface area contributed by atoms with Crippen molar-refractivity contribution < 1.29 is 10.2 Å². The van der Waals surface area contributed by atoms with Gasteiger partial charge in [0, 0.05) is 25.7 Å². The fourth-order valence-electron chi connectivity index (χ4n) is 4.20. The molecule has 0 radical (unpaired) electrons. The molecule has 0 bridgehead atoms. The van der Waals surface area contributed by atoms with Crippen molar-refractivity contribution in [3.05, 3.63) is 58.7 Å². The molecule has 1 saturated heterocycles. The third-order valence-corrected chi connectivity index (χ3v) is 5.72. The summed E-state index contributed by atoms with van der Waals surface area (Å²) in [5.41, 5.74) is 4.21. The minimum absolute atomic E-state index is 0.319. The summed E-state index contributed by atoms with van der Waals surface area (Å²) in [5.74, 6) is 0.713. The van der Waals surface area contributed by atoms with Gasteiger partial charge in [0.05, 0.1) is 0 Å². The zero-order valence-corrected chi connectivity index (χ0v) is 16.8. The van der Waals surface area contributed by atoms with Gasteiger partial charge in [0.1, 0.15) is 11.5 Å². The van der Waals surface area contributed by atoms with Crippen LogP contribution in [0.15, 0.2) is 36.4 Å². The van der Waals surface area contributed by atoms with Crippen molar-refractivity contribution in [3.63, 3.8) is 0 Å². The fourth-order valence-corrected chi connectivity index (χ4v) is 4.20. The van der Waals surface area contributed by atoms with Crippen LogP contribution < -0.4 is 0 Å². The number of aromatic hydroxyl groups is 2. The molecular formula is C23H32N2O2. The second-order valence-electron chi connectivity index (χ2n) is 8.02. The summed E-state index contributed by atoms with van der Waals surface area (Å²) in [6.07, 6.45) is 3.74. The summed E-state index contributed by atoms with van der Waals surface area (Å²) < 4.78 is 0. The second-order valence-corrected chi connectivity index (χ2v) is 8.02. The Bertz CT molecular complexity index is 752. The number of benzene rings is 2. The van der Waals surface area contributed by atoms with E-state index in [9.17, 15) is 10.2 Å². The maximum absolute atomic E-state index is 10.1. The van der Waals surface area contributed by atoms with Crippen LogP contribution in [0.1, 0.15) is 41.5 Å². The van der Waals surface area contributed by atoms with Crippen LogP contribution in [0.2, 0.25) is 0 Å². The van der Waals surface area contributed by atoms with Gasteiger partial charge in [-0.2, -0.15) is 0 Å². The molecule has 146 valence electrons. The Hall–Kier alpha value is -2.04. The summed E-state index contributed by atoms with van der Waals surface area (Å²) >= 11 is 0. The minimum atomic E-state index is 0.319. The molecule has 3 rings (SSSR count). The second kappa shape index (κ2) is 8.77. The van der Waals surface area contributed by atoms with Crippen LogP contribution in [0.25, 0.3) is 0 Å². The third-order valence-electron chi connectivity index (χ3n) is 5.72. The Morgan fingerprint density at radius 1 is 1.04 bits per heavy atom. The van der Waals surface area contributed by atoms with Crippen LogP contribution >= 0.6 is 0 Å². The number of hydrogen-bond donors (Lipinski definition) is 2. The van der Waals surface area contributed by atoms with Gasteiger partial charge >= 0.3 is 0 Å². The number of nitrogens with zero attached hydrogens (tertiary/aromatic N) is 2. The molecule has 1 fully saturated rings. The molecular weight excluding hydrogens is 336 g/mol. The van der Waals surface area contributed by atoms with Crippen LogP contribution in [-0.2, 0) is 13.1 Å². The van der Waals surface area contributed by atoms with Crippen LogP contribution in [0.5, 0.6) is 11.5 Å². The molecule has 0 amide bonds. The zero-order valence-electron chi connectivity index (χ0n) is 16.8. The SMILES string of the molecule is Cc1cc(CN(CCC2CCCN2C)Cc2cccc(O)c2)cc(C)c1O. The van der Waals surface area contributed by atoms with E-state index in [1.165, 1.54) is 24.9 Å². The molecule has 2 aromatic rings. The molecule has 1 heterocycles. The summed E-state index contributed by atoms with van der Waals surface area (Å²) in [7, 11) is 2.23. The predicted octanol–water partition coefficient (Wildman–Crippen LogP) is 4.20. The first-order chi connectivity index (χ1) is 12.9. The number of phenolic OH excluding ortho intramolecular Hbond substituents is 2. The van der Waals surface area contributed by atoms with Crippen molar-refractivity contribution in [3.8, 4) is 11.5 Å². The van der Waals surface area contributed by atoms with E-state index in [0.29, 0.717) is 17.5 Å². The number of aryl methyl sites for hydroxylation is 2. The first kappa shape index (κ1) is 19.7. The molecule has 2 aromatic carbocycles. The van der Waals surface area contributed by atoms with Gasteiger partial charge in [0.15, 0.2) is 0 Å². The maximum atomic E-state index is 10.1. The average molecular weight is 369 g/mol. The Balaban J connectivity index is 1.73. The van der Waals surface area contributed by atoms with E-state index in [2.05, 4.69) is 35.0 Å². The normalized spacial score (nSPS) is 17.7. The number of likely N-dealkylation sites (tertiary alicyclic amines) is 1. The van der Waals surface area contributed by atoms with E-state index < -0.39 is 0 Å². The van der Waals surface area contributed by atoms with Crippen molar-refractivity contribution in [1.82, 2.24) is 9.80 Å². The topological polar surface area (TPSA) is 46.9 Å². The molecule has 1 aliphatic rings. The fraction of sp³-hybridized carbons (Fsp3) is 0.478. The monoisotopic (exact) mass is 368 g/mol. The van der Waals surface area contributed by atoms with Crippen molar-refractivity contribution in [2.75, 3.05) is 20.1 Å². The highest BCUT2D eigenvalue weighted by Gasteiger charge is 2.21. The van der Waals surface area contributed by atoms with Crippen molar-refractivity contribution in [2.45, 2.75) is 52.2 Å². The predicted molar refractivity (Wildman–Crippen MR) is 110 cm³/mol. The average Bonchev–Trinajstić information content (AvgIpc) is 3.02. The summed E-state index contributed by atoms with van der Waals surface area (Å²) in [5, 5.41) is 19.9. The van der Waals surface area contributed by atoms with Gasteiger partial charge in [-0.1, -0.05) is 24.3 Å². The van der Waals surface area contributed by atoms with Crippen LogP contribution in [-0.4, -0.2) is 46.2 Å². The highest BCUT2D eigenvalue weighted by atomic mass is 16.3. The Morgan fingerprint density at radius 3 is 2.37 bits per heavy atom. The molecule has 4 nitrogen and oxygen atoms in total. The highest BCUT2D eigenvalue weighted by Crippen LogP contribution is 2.25. The molecule has 27 heavy (non-hydrogen) atoms. The number of rotatable bonds is 7. The van der Waals surface area contributed by atoms with Gasteiger partial charge in [0.2, 0.25) is 0 Å². The lowest BCUT2D eigenvalue weighted by molar-refractivity contribution is 0.211. The van der Waals surface area contributed by atoms with E-state index in [0.717, 1.165) is 42.7 Å². The Morgan fingerprint density at radius 2 is 1.74 bits per heavy atom. The lowest BCUT2D eigenvalue weighted by atomic mass is 10.0. The van der Waals surface area contributed by atoms with E-state index >= 15 is 0 Å². The van der Waals surface area contributed by atoms with Crippen LogP contribution in [0.4, 0.5) is 0 Å². The lowest BCUT2D eigenvalue weighted by Gasteiger charge is -2.27. The summed E-state index contributed by atoms with van der Waals surface area (Å²) in [4.78, 5) is 4.92. The molecule has 1 aliphatic heterocycles. The molecule has 1 atom stereocenters. The van der Waals surface area contributed by atoms with E-state index in [-0.39, 0.29) is 0 Å². The molecule has 0 saturated carbocycles. The highest BCUT2D eigenvalue weighted by molar-refractivity contribution is 5.42. The van der Waals surface area contributed by atoms with E-state index in [1.54, 1.807) is 6.07 Å². The maximum Gasteiger partial charge on any atom is 0.121 e. The van der Waals surface area contributed by atoms with E-state index in [1.807, 2.05) is 26.0 Å². The van der Waals surface area contributed by atoms with Crippen molar-refractivity contribution in [2.24, 2.45) is 0 Å².